The number of hydrogen-bond donors (Lipinski definition) is 0. The summed E-state index contributed by atoms with van der Waals surface area (Å²) in [5.74, 6) is 0. The molecular formula is C15H21N3O. The lowest BCUT2D eigenvalue weighted by Crippen LogP contribution is -2.47. The number of hydrogen-bond acceptors (Lipinski definition) is 4. The summed E-state index contributed by atoms with van der Waals surface area (Å²) in [6.07, 6.45) is 0. The second-order valence-corrected chi connectivity index (χ2v) is 4.65. The van der Waals surface area contributed by atoms with Crippen LogP contribution >= 0.6 is 0 Å². The molecule has 1 aliphatic rings. The highest BCUT2D eigenvalue weighted by Gasteiger charge is 2.18. The van der Waals surface area contributed by atoms with Crippen molar-refractivity contribution in [1.29, 1.82) is 5.26 Å². The van der Waals surface area contributed by atoms with Gasteiger partial charge in [-0.3, -0.25) is 4.90 Å². The molecule has 0 bridgehead atoms. The number of nitrogens with zero attached hydrogens (tertiary/aromatic N) is 3. The molecule has 0 aromatic heterocycles. The van der Waals surface area contributed by atoms with Gasteiger partial charge in [0.15, 0.2) is 0 Å². The fourth-order valence-corrected chi connectivity index (χ4v) is 2.39. The van der Waals surface area contributed by atoms with Gasteiger partial charge >= 0.3 is 0 Å². The third-order valence-corrected chi connectivity index (χ3v) is 3.49. The number of benzene rings is 1. The van der Waals surface area contributed by atoms with Crippen molar-refractivity contribution in [3.05, 3.63) is 29.8 Å². The first kappa shape index (κ1) is 13.9. The molecular weight excluding hydrogens is 238 g/mol. The maximum Gasteiger partial charge on any atom is 0.101 e. The van der Waals surface area contributed by atoms with E-state index in [2.05, 4.69) is 15.9 Å². The summed E-state index contributed by atoms with van der Waals surface area (Å²) in [4.78, 5) is 4.72. The Labute approximate surface area is 115 Å². The first-order valence-corrected chi connectivity index (χ1v) is 6.89. The van der Waals surface area contributed by atoms with Gasteiger partial charge in [0.25, 0.3) is 0 Å². The van der Waals surface area contributed by atoms with Crippen molar-refractivity contribution in [3.8, 4) is 6.07 Å². The summed E-state index contributed by atoms with van der Waals surface area (Å²) >= 11 is 0. The summed E-state index contributed by atoms with van der Waals surface area (Å²) in [5, 5.41) is 9.14. The second-order valence-electron chi connectivity index (χ2n) is 4.65. The van der Waals surface area contributed by atoms with Gasteiger partial charge in [0.2, 0.25) is 0 Å². The van der Waals surface area contributed by atoms with Gasteiger partial charge in [-0.1, -0.05) is 12.1 Å². The Bertz CT molecular complexity index is 433. The van der Waals surface area contributed by atoms with E-state index in [1.807, 2.05) is 31.2 Å². The fourth-order valence-electron chi connectivity index (χ4n) is 2.39. The summed E-state index contributed by atoms with van der Waals surface area (Å²) in [5.41, 5.74) is 1.83. The number of piperazine rings is 1. The highest BCUT2D eigenvalue weighted by molar-refractivity contribution is 5.59. The van der Waals surface area contributed by atoms with Crippen LogP contribution in [0.4, 0.5) is 5.69 Å². The van der Waals surface area contributed by atoms with Crippen molar-refractivity contribution in [1.82, 2.24) is 4.90 Å². The Kier molecular flexibility index (Phi) is 5.20. The number of para-hydroxylation sites is 1. The molecule has 0 spiro atoms. The SMILES string of the molecule is CCOCCN1CCN(c2ccccc2C#N)CC1. The minimum atomic E-state index is 0.769. The maximum atomic E-state index is 9.14. The highest BCUT2D eigenvalue weighted by Crippen LogP contribution is 2.20. The zero-order valence-electron chi connectivity index (χ0n) is 11.5. The molecule has 0 unspecified atom stereocenters. The third kappa shape index (κ3) is 3.69. The van der Waals surface area contributed by atoms with E-state index in [1.54, 1.807) is 0 Å². The van der Waals surface area contributed by atoms with Crippen LogP contribution in [0.3, 0.4) is 0 Å². The lowest BCUT2D eigenvalue weighted by atomic mass is 10.1. The summed E-state index contributed by atoms with van der Waals surface area (Å²) in [7, 11) is 0. The van der Waals surface area contributed by atoms with Gasteiger partial charge in [-0.15, -0.1) is 0 Å². The van der Waals surface area contributed by atoms with Gasteiger partial charge in [0.1, 0.15) is 6.07 Å². The molecule has 0 atom stereocenters. The zero-order chi connectivity index (χ0) is 13.5. The van der Waals surface area contributed by atoms with Gasteiger partial charge in [-0.05, 0) is 19.1 Å². The minimum absolute atomic E-state index is 0.769. The van der Waals surface area contributed by atoms with Gasteiger partial charge in [-0.2, -0.15) is 5.26 Å². The standard InChI is InChI=1S/C15H21N3O/c1-2-19-12-11-17-7-9-18(10-8-17)15-6-4-3-5-14(15)13-16/h3-6H,2,7-12H2,1H3. The molecule has 1 aliphatic heterocycles. The first-order valence-electron chi connectivity index (χ1n) is 6.89. The molecule has 1 fully saturated rings. The third-order valence-electron chi connectivity index (χ3n) is 3.49. The van der Waals surface area contributed by atoms with Crippen LogP contribution < -0.4 is 4.90 Å². The molecule has 0 aliphatic carbocycles. The Balaban J connectivity index is 1.88. The number of nitriles is 1. The van der Waals surface area contributed by atoms with E-state index in [-0.39, 0.29) is 0 Å². The highest BCUT2D eigenvalue weighted by atomic mass is 16.5. The maximum absolute atomic E-state index is 9.14. The van der Waals surface area contributed by atoms with Gasteiger partial charge in [-0.25, -0.2) is 0 Å². The Morgan fingerprint density at radius 2 is 1.95 bits per heavy atom. The fraction of sp³-hybridized carbons (Fsp3) is 0.533. The molecule has 4 heteroatoms. The van der Waals surface area contributed by atoms with Crippen molar-refractivity contribution in [3.63, 3.8) is 0 Å². The molecule has 4 nitrogen and oxygen atoms in total. The zero-order valence-corrected chi connectivity index (χ0v) is 11.5. The van der Waals surface area contributed by atoms with E-state index in [0.717, 1.165) is 57.2 Å². The van der Waals surface area contributed by atoms with E-state index < -0.39 is 0 Å². The summed E-state index contributed by atoms with van der Waals surface area (Å²) in [6.45, 7) is 8.65. The average Bonchev–Trinajstić information content (AvgIpc) is 2.48. The van der Waals surface area contributed by atoms with E-state index in [4.69, 9.17) is 10.00 Å². The van der Waals surface area contributed by atoms with Crippen molar-refractivity contribution in [2.45, 2.75) is 6.92 Å². The van der Waals surface area contributed by atoms with Crippen LogP contribution in [0.1, 0.15) is 12.5 Å². The predicted octanol–water partition coefficient (Wildman–Crippen LogP) is 1.72. The number of anilines is 1. The Hall–Kier alpha value is -1.57. The van der Waals surface area contributed by atoms with E-state index in [0.29, 0.717) is 0 Å². The van der Waals surface area contributed by atoms with Crippen LogP contribution in [-0.4, -0.2) is 50.8 Å². The van der Waals surface area contributed by atoms with Crippen LogP contribution in [-0.2, 0) is 4.74 Å². The lowest BCUT2D eigenvalue weighted by Gasteiger charge is -2.36. The molecule has 2 rings (SSSR count). The van der Waals surface area contributed by atoms with Gasteiger partial charge in [0, 0.05) is 39.3 Å². The lowest BCUT2D eigenvalue weighted by molar-refractivity contribution is 0.111. The topological polar surface area (TPSA) is 39.5 Å². The molecule has 1 aromatic rings. The molecule has 0 amide bonds. The monoisotopic (exact) mass is 259 g/mol. The molecule has 1 aromatic carbocycles. The van der Waals surface area contributed by atoms with Crippen molar-refractivity contribution < 1.29 is 4.74 Å². The number of ether oxygens (including phenoxy) is 1. The number of rotatable bonds is 5. The van der Waals surface area contributed by atoms with E-state index in [1.165, 1.54) is 0 Å². The van der Waals surface area contributed by atoms with Crippen molar-refractivity contribution in [2.75, 3.05) is 50.8 Å². The van der Waals surface area contributed by atoms with Crippen LogP contribution in [0.15, 0.2) is 24.3 Å². The van der Waals surface area contributed by atoms with E-state index >= 15 is 0 Å². The largest absolute Gasteiger partial charge is 0.380 e. The molecule has 0 radical (unpaired) electrons. The Morgan fingerprint density at radius 1 is 1.21 bits per heavy atom. The molecule has 102 valence electrons. The quantitative estimate of drug-likeness (QED) is 0.755. The predicted molar refractivity (Wildman–Crippen MR) is 76.3 cm³/mol. The van der Waals surface area contributed by atoms with Gasteiger partial charge < -0.3 is 9.64 Å². The van der Waals surface area contributed by atoms with E-state index in [9.17, 15) is 0 Å². The second kappa shape index (κ2) is 7.13. The molecule has 0 N–H and O–H groups in total. The minimum Gasteiger partial charge on any atom is -0.380 e. The normalized spacial score (nSPS) is 16.3. The van der Waals surface area contributed by atoms with Gasteiger partial charge in [0.05, 0.1) is 17.9 Å². The van der Waals surface area contributed by atoms with Crippen molar-refractivity contribution in [2.24, 2.45) is 0 Å². The molecule has 0 saturated carbocycles. The first-order chi connectivity index (χ1) is 9.35. The van der Waals surface area contributed by atoms with Crippen LogP contribution in [0.2, 0.25) is 0 Å². The smallest absolute Gasteiger partial charge is 0.101 e. The molecule has 19 heavy (non-hydrogen) atoms. The summed E-state index contributed by atoms with van der Waals surface area (Å²) < 4.78 is 5.39. The molecule has 1 saturated heterocycles. The summed E-state index contributed by atoms with van der Waals surface area (Å²) in [6, 6.07) is 10.1. The average molecular weight is 259 g/mol. The Morgan fingerprint density at radius 3 is 2.63 bits per heavy atom. The molecule has 1 heterocycles. The van der Waals surface area contributed by atoms with Crippen LogP contribution in [0.5, 0.6) is 0 Å². The van der Waals surface area contributed by atoms with Crippen LogP contribution in [0.25, 0.3) is 0 Å². The van der Waals surface area contributed by atoms with Crippen LogP contribution in [0, 0.1) is 11.3 Å². The van der Waals surface area contributed by atoms with Crippen molar-refractivity contribution >= 4 is 5.69 Å².